The molecule has 0 aliphatic carbocycles. The first kappa shape index (κ1) is 65.9. The van der Waals surface area contributed by atoms with Crippen LogP contribution in [0, 0.1) is 17.8 Å². The number of halogens is 2. The molecule has 16 heterocycles. The normalized spacial score (nSPS) is 16.5. The predicted octanol–water partition coefficient (Wildman–Crippen LogP) is 30.0. The zero-order valence-electron chi connectivity index (χ0n) is 170. The Hall–Kier alpha value is -13.5. The van der Waals surface area contributed by atoms with Crippen LogP contribution < -0.4 is 46.6 Å². The van der Waals surface area contributed by atoms with Crippen LogP contribution in [-0.2, 0) is 39.0 Å². The van der Waals surface area contributed by atoms with Crippen LogP contribution in [0.1, 0.15) is 352 Å². The lowest BCUT2D eigenvalue weighted by Gasteiger charge is -2.30. The van der Waals surface area contributed by atoms with Crippen molar-refractivity contribution in [3.63, 3.8) is 0 Å². The van der Waals surface area contributed by atoms with E-state index in [1.54, 1.807) is 48.5 Å². The number of aromatic nitrogens is 24. The number of aliphatic hydroxyl groups excluding tert-OH is 1. The SMILES string of the molecule is C.CC1CCN(c2nc(NCc3ccccc3-n3cccn3)n3ncc(Br)c3n2)CC1.CCC/C=C/B(O)O.CCC/C=C/c1cnn2c(NCc3ccccc3-n3cccn3)nc(N3CCC(C)CC3)nc12.CCCCCc1cnn2c(NCc3ccccc3-n3cccn3)nc(N3CCC(C)CC3)nc12.CCCCCc1cnn2c(NCc3ccccc3-n3cccn3)nc(N3CCC(N)CC3)nc12.CO.Cl.[2HH].[2H]CC.[2H][2H].[2H][2H].[2H][2H].[2H][2H].[2H][2H].[2H][2H].[2H][2H].[2H][2H].[2H][2H].[2H][2H].[2H][2H].[2H][2H].[2H][2H].[2H][2H].[2H][2H].[2H][2H].[2H][2H].[2H][2H].[2H][2H].[2H][2H].[2H][2H].[2H][2H].[2H][2H].[2H][2H].[2H][2H].[2H][2H].[2H][2H].[2H][2H].[2H][2H].[2H][2H].[2H][2H].[2H][2H].[2H][2H].[2H][2H].[2H][2H].[2H][2H].[2H][2H].[2H][2H].[2H][2H].[2H][2H].[2H][2H].[2H][2H]. The van der Waals surface area contributed by atoms with Crippen molar-refractivity contribution < 1.29 is 143 Å². The highest BCUT2D eigenvalue weighted by Gasteiger charge is 2.28. The van der Waals surface area contributed by atoms with Gasteiger partial charge in [0.15, 0.2) is 22.6 Å². The van der Waals surface area contributed by atoms with E-state index in [0.29, 0.717) is 50.9 Å². The summed E-state index contributed by atoms with van der Waals surface area (Å²) >= 11 is 3.57. The Balaban J connectivity index is -0.0000000647. The molecule has 4 aliphatic heterocycles. The van der Waals surface area contributed by atoms with Crippen molar-refractivity contribution in [2.45, 2.75) is 230 Å². The number of fused-ring (bicyclic) bond motifs is 4. The summed E-state index contributed by atoms with van der Waals surface area (Å²) in [6.45, 7) is 28.0. The van der Waals surface area contributed by atoms with E-state index in [0.717, 1.165) is 274 Å². The minimum absolute atomic E-state index is 0. The van der Waals surface area contributed by atoms with Crippen molar-refractivity contribution in [1.82, 2.24) is 117 Å². The first-order valence-corrected chi connectivity index (χ1v) is 52.0. The second-order valence-corrected chi connectivity index (χ2v) is 37.4. The fraction of sp³-hybridized carbons (Fsp3) is 0.439. The third-order valence-electron chi connectivity index (χ3n) is 25.9. The maximum absolute atomic E-state index is 8.25. The summed E-state index contributed by atoms with van der Waals surface area (Å²) in [5, 5.41) is 73.6. The molecule has 4 fully saturated rings. The summed E-state index contributed by atoms with van der Waals surface area (Å²) in [6, 6.07) is 41.0. The number of aliphatic hydroxyl groups is 1. The first-order chi connectivity index (χ1) is 113. The Bertz CT molecular complexity index is 6620. The van der Waals surface area contributed by atoms with Crippen LogP contribution in [0.25, 0.3) is 51.4 Å². The molecule has 146 heavy (non-hydrogen) atoms. The van der Waals surface area contributed by atoms with Gasteiger partial charge in [0.25, 0.3) is 0 Å². The first-order valence-electron chi connectivity index (χ1n) is 93.9. The summed E-state index contributed by atoms with van der Waals surface area (Å²) in [6.07, 6.45) is 50.7. The molecule has 862 valence electrons. The van der Waals surface area contributed by atoms with Crippen molar-refractivity contribution in [2.75, 3.05) is 100 Å². The van der Waals surface area contributed by atoms with Gasteiger partial charge in [0, 0.05) is 285 Å². The van der Waals surface area contributed by atoms with Crippen molar-refractivity contribution >= 4 is 112 Å². The molecule has 12 aromatic heterocycles. The number of nitrogens with one attached hydrogen (secondary N) is 4. The highest BCUT2D eigenvalue weighted by Crippen LogP contribution is 2.32. The number of nitrogens with two attached hydrogens (primary N) is 1. The number of unbranched alkanes of at least 4 members (excludes halogenated alkanes) is 6. The average Bonchev–Trinajstić information content (AvgIpc) is 1.63. The minimum Gasteiger partial charge on any atom is -0.424 e. The van der Waals surface area contributed by atoms with Gasteiger partial charge >= 0.3 is 7.12 Å². The van der Waals surface area contributed by atoms with Crippen LogP contribution in [0.15, 0.2) is 218 Å². The number of anilines is 8. The maximum Gasteiger partial charge on any atom is 0.480 e. The van der Waals surface area contributed by atoms with E-state index in [4.69, 9.17) is 187 Å². The molecule has 0 atom stereocenters. The van der Waals surface area contributed by atoms with E-state index >= 15 is 0 Å². The monoisotopic (exact) mass is 2240 g/mol. The number of aryl methyl sites for hydroxylation is 2. The van der Waals surface area contributed by atoms with Gasteiger partial charge in [-0.05, 0) is 194 Å². The molecular weight excluding hydrogens is 1920 g/mol. The van der Waals surface area contributed by atoms with Crippen LogP contribution in [0.4, 0.5) is 47.6 Å². The molecule has 39 heteroatoms. The second kappa shape index (κ2) is 57.4. The lowest BCUT2D eigenvalue weighted by atomic mass is 9.91. The van der Waals surface area contributed by atoms with Gasteiger partial charge in [-0.3, -0.25) is 0 Å². The van der Waals surface area contributed by atoms with Gasteiger partial charge in [0.05, 0.1) is 52.0 Å². The van der Waals surface area contributed by atoms with Gasteiger partial charge in [-0.15, -0.1) is 12.4 Å². The van der Waals surface area contributed by atoms with E-state index < -0.39 is 7.12 Å². The maximum atomic E-state index is 8.25. The standard InChI is InChI=1S/C26H34N8.C26H32N8.C25H33N9.C21H23BrN8.C5H11BO2.C2H6.CH4O.CH4.ClH.43H2/c2*1-3-4-5-10-22-19-29-34-24(22)30-26(32-16-12-20(2)13-17-32)31-25(34)27-18-21-9-6-7-11-23(21)33-15-8-14-28-33;1-2-3-4-9-20-18-29-34-23(20)30-25(32-15-11-21(26)12-16-32)31-24(34)27-17-19-8-5-6-10-22(19)33-14-7-13-28-33;1-15-7-11-28(12-8-15)21-26-19-17(22)14-25-30(19)20(27-21)23-13-16-5-2-3-6-18(16)29-10-4-9-24-29;1-2-3-4-5-6(7)8;2*1-2;;;;;;;;;;;;;;;;;;;;;;;;;;;;;;;;;;;;;;;;;;;;;/h6-9,11,14-15,19-20H,3-5,10,12-13,16-18H2,1-2H3,(H,27,30,31);5-11,14-15,19-20H,3-4,12-13,16-18H2,1-2H3,(H,27,30,31);5-8,10,13-14,18,21H,2-4,9,11-12,15-17,26H2,1H3,(H,27,30,31);2-6,9-10,14-15H,7-8,11-13H2,1H3,(H,23,26,27);4-5,7-8H,2-3H2,1H3;1-2H3;2H,1H3;1H4;44*1H/b;10-5+;;;5-4+;;;;;;;;;;;;;;;;;;;;;;;;;;;;;;;;;;;;;;;;;;;;;;;/i;;;;;1D;;;;42*1+1D;1+1. The summed E-state index contributed by atoms with van der Waals surface area (Å²) in [7, 11) is -0.276. The van der Waals surface area contributed by atoms with Crippen molar-refractivity contribution in [3.8, 4) is 22.7 Å². The van der Waals surface area contributed by atoms with Gasteiger partial charge in [0.2, 0.25) is 47.6 Å². The Labute approximate surface area is 1010 Å². The number of hydrogen-bond donors (Lipinski definition) is 8. The van der Waals surface area contributed by atoms with Crippen LogP contribution in [0.2, 0.25) is 0 Å². The topological polar surface area (TPSA) is 391 Å². The van der Waals surface area contributed by atoms with Crippen molar-refractivity contribution in [2.24, 2.45) is 23.5 Å². The molecule has 20 rings (SSSR count). The molecule has 16 aromatic rings. The van der Waals surface area contributed by atoms with Gasteiger partial charge in [-0.2, -0.15) is 98.7 Å². The van der Waals surface area contributed by atoms with Crippen LogP contribution >= 0.6 is 28.3 Å². The molecule has 4 saturated heterocycles. The summed E-state index contributed by atoms with van der Waals surface area (Å²) < 4.78 is 442. The number of rotatable bonds is 34. The Morgan fingerprint density at radius 3 is 1.03 bits per heavy atom. The van der Waals surface area contributed by atoms with Crippen LogP contribution in [0.3, 0.4) is 0 Å². The predicted molar refractivity (Wildman–Crippen MR) is 685 cm³/mol. The second-order valence-electron chi connectivity index (χ2n) is 36.6. The van der Waals surface area contributed by atoms with Crippen molar-refractivity contribution in [1.29, 1.82) is 0 Å². The summed E-state index contributed by atoms with van der Waals surface area (Å²) in [5.41, 5.74) is 21.6. The smallest absolute Gasteiger partial charge is 0.424 e. The third kappa shape index (κ3) is 29.9. The molecule has 0 radical (unpaired) electrons. The molecule has 4 aromatic carbocycles. The average molecular weight is 2240 g/mol. The number of allylic oxidation sites excluding steroid dienone is 2. The molecular formula is C107H234BBrClN33O3. The molecule has 0 amide bonds. The van der Waals surface area contributed by atoms with Gasteiger partial charge in [-0.25, -0.2) is 18.7 Å². The molecule has 4 aliphatic rings. The van der Waals surface area contributed by atoms with Gasteiger partial charge in [0.1, 0.15) is 0 Å². The zero-order valence-corrected chi connectivity index (χ0v) is 87.6. The highest BCUT2D eigenvalue weighted by molar-refractivity contribution is 9.10. The third-order valence-corrected chi connectivity index (χ3v) is 26.5. The fourth-order valence-corrected chi connectivity index (χ4v) is 17.9. The minimum atomic E-state index is -1.28. The van der Waals surface area contributed by atoms with E-state index in [1.807, 2.05) is 149 Å². The van der Waals surface area contributed by atoms with Gasteiger partial charge in [-0.1, -0.05) is 205 Å². The van der Waals surface area contributed by atoms with Crippen LogP contribution in [-0.4, -0.2) is 205 Å². The van der Waals surface area contributed by atoms with E-state index in [9.17, 15) is 0 Å². The number of piperidine rings is 4. The summed E-state index contributed by atoms with van der Waals surface area (Å²) in [5.74, 6) is 9.51. The molecule has 36 nitrogen and oxygen atoms in total. The zero-order chi connectivity index (χ0) is 186. The Kier molecular flexibility index (Phi) is 25.9. The van der Waals surface area contributed by atoms with E-state index in [2.05, 4.69) is 206 Å². The van der Waals surface area contributed by atoms with E-state index in [1.165, 1.54) is 55.6 Å². The Morgan fingerprint density at radius 1 is 0.404 bits per heavy atom. The number of para-hydroxylation sites is 4. The lowest BCUT2D eigenvalue weighted by molar-refractivity contribution is 0.399. The molecule has 0 unspecified atom stereocenters. The number of benzene rings is 4. The van der Waals surface area contributed by atoms with E-state index in [-0.39, 0.29) is 27.3 Å². The molecule has 0 bridgehead atoms. The molecule has 9 N–H and O–H groups in total. The largest absolute Gasteiger partial charge is 0.480 e. The fourth-order valence-electron chi connectivity index (χ4n) is 17.5. The van der Waals surface area contributed by atoms with Crippen LogP contribution in [0.5, 0.6) is 0 Å². The number of hydrogen-bond acceptors (Lipinski definition) is 28. The van der Waals surface area contributed by atoms with Gasteiger partial charge < -0.3 is 61.8 Å². The lowest BCUT2D eigenvalue weighted by Crippen LogP contribution is -2.40. The Morgan fingerprint density at radius 2 is 0.705 bits per heavy atom. The molecule has 0 saturated carbocycles. The summed E-state index contributed by atoms with van der Waals surface area (Å²) in [4.78, 5) is 48.4. The molecule has 0 spiro atoms. The highest BCUT2D eigenvalue weighted by atomic mass is 79.9. The quantitative estimate of drug-likeness (QED) is 0.0137. The number of nitrogens with zero attached hydrogens (tertiary/aromatic N) is 28. The van der Waals surface area contributed by atoms with Crippen molar-refractivity contribution in [3.05, 3.63) is 257 Å².